The molecule has 0 aliphatic heterocycles. The average molecular weight is 1350 g/mol. The molecular formula is C90H175NO5. The first-order chi connectivity index (χ1) is 47.5. The van der Waals surface area contributed by atoms with Crippen LogP contribution in [-0.4, -0.2) is 47.4 Å². The number of esters is 1. The van der Waals surface area contributed by atoms with Gasteiger partial charge in [0.25, 0.3) is 0 Å². The average Bonchev–Trinajstić information content (AvgIpc) is 2.37. The molecule has 0 aromatic heterocycles. The molecule has 0 aliphatic rings. The van der Waals surface area contributed by atoms with Gasteiger partial charge in [-0.05, 0) is 57.8 Å². The fourth-order valence-electron chi connectivity index (χ4n) is 14.5. The summed E-state index contributed by atoms with van der Waals surface area (Å²) in [5.74, 6) is -0.0106. The number of allylic oxidation sites excluding steroid dienone is 4. The monoisotopic (exact) mass is 1350 g/mol. The van der Waals surface area contributed by atoms with Crippen molar-refractivity contribution in [2.45, 2.75) is 527 Å². The molecule has 0 heterocycles. The van der Waals surface area contributed by atoms with E-state index in [0.29, 0.717) is 25.9 Å². The highest BCUT2D eigenvalue weighted by atomic mass is 16.5. The van der Waals surface area contributed by atoms with E-state index in [1.54, 1.807) is 0 Å². The number of hydrogen-bond donors (Lipinski definition) is 3. The molecule has 6 nitrogen and oxygen atoms in total. The molecule has 0 aromatic carbocycles. The molecule has 0 bridgehead atoms. The van der Waals surface area contributed by atoms with Crippen molar-refractivity contribution in [2.24, 2.45) is 0 Å². The number of carbonyl (C=O) groups is 2. The third-order valence-corrected chi connectivity index (χ3v) is 21.3. The second-order valence-electron chi connectivity index (χ2n) is 30.9. The lowest BCUT2D eigenvalue weighted by Crippen LogP contribution is -2.45. The van der Waals surface area contributed by atoms with Crippen molar-refractivity contribution in [1.29, 1.82) is 0 Å². The third-order valence-electron chi connectivity index (χ3n) is 21.3. The smallest absolute Gasteiger partial charge is 0.305 e. The Morgan fingerprint density at radius 2 is 0.521 bits per heavy atom. The number of carbonyl (C=O) groups excluding carboxylic acids is 2. The molecule has 0 radical (unpaired) electrons. The van der Waals surface area contributed by atoms with Gasteiger partial charge in [-0.3, -0.25) is 9.59 Å². The fraction of sp³-hybridized carbons (Fsp3) is 0.933. The van der Waals surface area contributed by atoms with Crippen LogP contribution in [0.15, 0.2) is 24.3 Å². The zero-order chi connectivity index (χ0) is 69.1. The number of rotatable bonds is 85. The van der Waals surface area contributed by atoms with Crippen molar-refractivity contribution in [3.63, 3.8) is 0 Å². The van der Waals surface area contributed by atoms with Gasteiger partial charge in [-0.25, -0.2) is 0 Å². The zero-order valence-corrected chi connectivity index (χ0v) is 65.7. The highest BCUT2D eigenvalue weighted by Crippen LogP contribution is 2.21. The largest absolute Gasteiger partial charge is 0.466 e. The Hall–Kier alpha value is -1.66. The Morgan fingerprint density at radius 3 is 0.802 bits per heavy atom. The van der Waals surface area contributed by atoms with Gasteiger partial charge in [0.1, 0.15) is 0 Å². The number of nitrogens with one attached hydrogen (secondary N) is 1. The van der Waals surface area contributed by atoms with E-state index in [0.717, 1.165) is 51.4 Å². The highest BCUT2D eigenvalue weighted by Gasteiger charge is 2.20. The summed E-state index contributed by atoms with van der Waals surface area (Å²) in [5.41, 5.74) is 0. The van der Waals surface area contributed by atoms with Gasteiger partial charge in [0.05, 0.1) is 25.4 Å². The molecule has 0 saturated heterocycles. The van der Waals surface area contributed by atoms with Crippen molar-refractivity contribution in [3.05, 3.63) is 24.3 Å². The van der Waals surface area contributed by atoms with Crippen molar-refractivity contribution in [1.82, 2.24) is 5.32 Å². The molecule has 6 heteroatoms. The number of unbranched alkanes of at least 4 members (excludes halogenated alkanes) is 70. The van der Waals surface area contributed by atoms with Gasteiger partial charge < -0.3 is 20.3 Å². The summed E-state index contributed by atoms with van der Waals surface area (Å²) in [6, 6.07) is -0.538. The predicted molar refractivity (Wildman–Crippen MR) is 426 cm³/mol. The van der Waals surface area contributed by atoms with E-state index in [-0.39, 0.29) is 18.5 Å². The van der Waals surface area contributed by atoms with E-state index < -0.39 is 12.1 Å². The molecular weight excluding hydrogens is 1170 g/mol. The van der Waals surface area contributed by atoms with Crippen LogP contribution in [0.1, 0.15) is 515 Å². The number of aliphatic hydroxyl groups is 2. The van der Waals surface area contributed by atoms with Crippen molar-refractivity contribution < 1.29 is 24.5 Å². The lowest BCUT2D eigenvalue weighted by Gasteiger charge is -2.22. The van der Waals surface area contributed by atoms with E-state index in [1.165, 1.54) is 430 Å². The number of hydrogen-bond acceptors (Lipinski definition) is 5. The summed E-state index contributed by atoms with van der Waals surface area (Å²) >= 11 is 0. The Labute approximate surface area is 602 Å². The minimum Gasteiger partial charge on any atom is -0.466 e. The van der Waals surface area contributed by atoms with Crippen LogP contribution in [0.3, 0.4) is 0 Å². The SMILES string of the molecule is CCCCCC/C=C\C/C=C\CCCCCCCC(=O)OCCCCCCCCCCCCCCCCCCCCCCCCCCCCCCCCCCCCCCCCCC(=O)NC(CO)C(O)CCCCCCCCCCCCCCCCCCCCCCCCCC. The standard InChI is InChI=1S/C90H175NO5/c1-3-5-7-9-11-13-15-17-19-21-22-23-24-42-45-48-51-54-58-62-66-70-74-78-82-88(93)87(86-92)91-89(94)83-79-75-71-67-63-59-55-52-49-46-43-40-38-36-34-32-30-28-26-25-27-29-31-33-35-37-39-41-44-47-50-53-57-61-65-69-73-77-81-85-96-90(95)84-80-76-72-68-64-60-56-20-18-16-14-12-10-8-6-4-2/h14,16,20,56,87-88,92-93H,3-13,15,17-19,21-55,57-86H2,1-2H3,(H,91,94)/b16-14-,56-20-. The van der Waals surface area contributed by atoms with Crippen molar-refractivity contribution in [2.75, 3.05) is 13.2 Å². The molecule has 96 heavy (non-hydrogen) atoms. The van der Waals surface area contributed by atoms with Crippen LogP contribution in [0, 0.1) is 0 Å². The maximum atomic E-state index is 12.6. The Balaban J connectivity index is 3.30. The van der Waals surface area contributed by atoms with E-state index in [9.17, 15) is 19.8 Å². The molecule has 3 N–H and O–H groups in total. The normalized spacial score (nSPS) is 12.5. The second-order valence-corrected chi connectivity index (χ2v) is 30.9. The molecule has 2 unspecified atom stereocenters. The Kier molecular flexibility index (Phi) is 84.3. The number of ether oxygens (including phenoxy) is 1. The van der Waals surface area contributed by atoms with Crippen LogP contribution < -0.4 is 5.32 Å². The van der Waals surface area contributed by atoms with Gasteiger partial charge in [0.15, 0.2) is 0 Å². The van der Waals surface area contributed by atoms with E-state index in [1.807, 2.05) is 0 Å². The maximum absolute atomic E-state index is 12.6. The second kappa shape index (κ2) is 85.8. The molecule has 0 spiro atoms. The first-order valence-corrected chi connectivity index (χ1v) is 44.6. The molecule has 0 saturated carbocycles. The summed E-state index contributed by atoms with van der Waals surface area (Å²) in [6.45, 7) is 4.99. The topological polar surface area (TPSA) is 95.9 Å². The minimum absolute atomic E-state index is 0.0117. The lowest BCUT2D eigenvalue weighted by atomic mass is 10.0. The molecule has 0 fully saturated rings. The molecule has 2 atom stereocenters. The highest BCUT2D eigenvalue weighted by molar-refractivity contribution is 5.76. The number of amides is 1. The molecule has 0 aromatic rings. The van der Waals surface area contributed by atoms with Gasteiger partial charge in [0, 0.05) is 12.8 Å². The van der Waals surface area contributed by atoms with Crippen LogP contribution in [0.25, 0.3) is 0 Å². The lowest BCUT2D eigenvalue weighted by molar-refractivity contribution is -0.143. The van der Waals surface area contributed by atoms with Crippen molar-refractivity contribution in [3.8, 4) is 0 Å². The predicted octanol–water partition coefficient (Wildman–Crippen LogP) is 29.9. The molecule has 570 valence electrons. The quantitative estimate of drug-likeness (QED) is 0.0320. The van der Waals surface area contributed by atoms with Crippen LogP contribution in [-0.2, 0) is 14.3 Å². The van der Waals surface area contributed by atoms with Gasteiger partial charge >= 0.3 is 5.97 Å². The fourth-order valence-corrected chi connectivity index (χ4v) is 14.5. The minimum atomic E-state index is -0.661. The summed E-state index contributed by atoms with van der Waals surface area (Å²) < 4.78 is 5.50. The summed E-state index contributed by atoms with van der Waals surface area (Å²) in [6.07, 6.45) is 112. The Morgan fingerprint density at radius 1 is 0.292 bits per heavy atom. The van der Waals surface area contributed by atoms with Gasteiger partial charge in [-0.2, -0.15) is 0 Å². The third kappa shape index (κ3) is 81.3. The summed E-state index contributed by atoms with van der Waals surface area (Å²) in [4.78, 5) is 24.7. The van der Waals surface area contributed by atoms with Crippen LogP contribution in [0.4, 0.5) is 0 Å². The van der Waals surface area contributed by atoms with Crippen LogP contribution in [0.2, 0.25) is 0 Å². The van der Waals surface area contributed by atoms with Crippen LogP contribution in [0.5, 0.6) is 0 Å². The Bertz CT molecular complexity index is 1510. The van der Waals surface area contributed by atoms with E-state index >= 15 is 0 Å². The van der Waals surface area contributed by atoms with Gasteiger partial charge in [-0.1, -0.05) is 468 Å². The van der Waals surface area contributed by atoms with Gasteiger partial charge in [-0.15, -0.1) is 0 Å². The van der Waals surface area contributed by atoms with Gasteiger partial charge in [0.2, 0.25) is 5.91 Å². The molecule has 0 rings (SSSR count). The first-order valence-electron chi connectivity index (χ1n) is 44.6. The van der Waals surface area contributed by atoms with E-state index in [4.69, 9.17) is 4.74 Å². The van der Waals surface area contributed by atoms with Crippen molar-refractivity contribution >= 4 is 11.9 Å². The molecule has 1 amide bonds. The first kappa shape index (κ1) is 94.3. The maximum Gasteiger partial charge on any atom is 0.305 e. The number of aliphatic hydroxyl groups excluding tert-OH is 2. The summed E-state index contributed by atoms with van der Waals surface area (Å²) in [5, 5.41) is 23.5. The van der Waals surface area contributed by atoms with Crippen LogP contribution >= 0.6 is 0 Å². The summed E-state index contributed by atoms with van der Waals surface area (Å²) in [7, 11) is 0. The van der Waals surface area contributed by atoms with E-state index in [2.05, 4.69) is 43.5 Å². The molecule has 0 aliphatic carbocycles. The zero-order valence-electron chi connectivity index (χ0n) is 65.7.